The van der Waals surface area contributed by atoms with Crippen molar-refractivity contribution < 1.29 is 18.7 Å². The van der Waals surface area contributed by atoms with Crippen LogP contribution in [0.3, 0.4) is 0 Å². The Morgan fingerprint density at radius 1 is 1.41 bits per heavy atom. The molecule has 1 aliphatic heterocycles. The second-order valence-electron chi connectivity index (χ2n) is 9.00. The van der Waals surface area contributed by atoms with E-state index in [4.69, 9.17) is 37.5 Å². The van der Waals surface area contributed by atoms with E-state index in [-0.39, 0.29) is 28.4 Å². The smallest absolute Gasteiger partial charge is 0.255 e. The van der Waals surface area contributed by atoms with Gasteiger partial charge in [0.15, 0.2) is 5.82 Å². The molecule has 0 spiro atoms. The van der Waals surface area contributed by atoms with Crippen LogP contribution in [0.5, 0.6) is 5.75 Å². The average Bonchev–Trinajstić information content (AvgIpc) is 3.39. The topological polar surface area (TPSA) is 118 Å². The van der Waals surface area contributed by atoms with Gasteiger partial charge in [0.25, 0.3) is 5.91 Å². The highest BCUT2D eigenvalue weighted by Gasteiger charge is 2.34. The summed E-state index contributed by atoms with van der Waals surface area (Å²) in [6.07, 6.45) is 4.32. The fourth-order valence-electron chi connectivity index (χ4n) is 4.70. The molecule has 4 rings (SSSR count). The fraction of sp³-hybridized carbons (Fsp3) is 0.458. The Kier molecular flexibility index (Phi) is 6.69. The number of benzene rings is 1. The van der Waals surface area contributed by atoms with Crippen LogP contribution < -0.4 is 16.2 Å². The van der Waals surface area contributed by atoms with Crippen molar-refractivity contribution in [1.29, 1.82) is 0 Å². The van der Waals surface area contributed by atoms with Crippen molar-refractivity contribution in [3.8, 4) is 5.75 Å². The van der Waals surface area contributed by atoms with Gasteiger partial charge in [0, 0.05) is 37.1 Å². The third-order valence-electron chi connectivity index (χ3n) is 6.20. The van der Waals surface area contributed by atoms with Gasteiger partial charge in [-0.2, -0.15) is 0 Å². The van der Waals surface area contributed by atoms with Gasteiger partial charge in [0.2, 0.25) is 0 Å². The number of nitrogen functional groups attached to an aromatic ring is 1. The number of nitrogens with zero attached hydrogens (tertiary/aromatic N) is 3. The Bertz CT molecular complexity index is 1250. The zero-order chi connectivity index (χ0) is 24.7. The molecule has 8 nitrogen and oxygen atoms in total. The summed E-state index contributed by atoms with van der Waals surface area (Å²) in [7, 11) is 0. The summed E-state index contributed by atoms with van der Waals surface area (Å²) in [4.78, 5) is 21.3. The van der Waals surface area contributed by atoms with Crippen LogP contribution in [0.1, 0.15) is 66.1 Å². The van der Waals surface area contributed by atoms with E-state index in [2.05, 4.69) is 4.98 Å². The van der Waals surface area contributed by atoms with Gasteiger partial charge < -0.3 is 20.9 Å². The third kappa shape index (κ3) is 4.18. The van der Waals surface area contributed by atoms with Crippen LogP contribution in [0.15, 0.2) is 12.4 Å². The molecule has 34 heavy (non-hydrogen) atoms. The van der Waals surface area contributed by atoms with Gasteiger partial charge in [0.1, 0.15) is 28.5 Å². The van der Waals surface area contributed by atoms with Crippen molar-refractivity contribution in [2.45, 2.75) is 52.6 Å². The summed E-state index contributed by atoms with van der Waals surface area (Å²) in [6, 6.07) is 0. The SMILES string of the molecule is Cc1nc([C@@H](C)c2c(CC3CCOC3)c(Cl)c(F)c(C(N)=O)c2OC(C)C)n2ccnc(N)c12. The quantitative estimate of drug-likeness (QED) is 0.517. The maximum atomic E-state index is 15.5. The summed E-state index contributed by atoms with van der Waals surface area (Å²) >= 11 is 6.58. The molecule has 0 saturated carbocycles. The number of halogens is 2. The molecule has 4 N–H and O–H groups in total. The largest absolute Gasteiger partial charge is 0.490 e. The summed E-state index contributed by atoms with van der Waals surface area (Å²) < 4.78 is 28.9. The highest BCUT2D eigenvalue weighted by atomic mass is 35.5. The van der Waals surface area contributed by atoms with Crippen LogP contribution in [0.4, 0.5) is 10.2 Å². The van der Waals surface area contributed by atoms with Crippen molar-refractivity contribution in [2.24, 2.45) is 11.7 Å². The number of hydrogen-bond acceptors (Lipinski definition) is 6. The maximum absolute atomic E-state index is 15.5. The van der Waals surface area contributed by atoms with Gasteiger partial charge in [-0.15, -0.1) is 0 Å². The molecule has 10 heteroatoms. The lowest BCUT2D eigenvalue weighted by atomic mass is 9.86. The summed E-state index contributed by atoms with van der Waals surface area (Å²) in [5, 5.41) is -0.127. The van der Waals surface area contributed by atoms with E-state index < -0.39 is 17.6 Å². The Balaban J connectivity index is 2.02. The van der Waals surface area contributed by atoms with E-state index in [1.54, 1.807) is 26.2 Å². The van der Waals surface area contributed by atoms with E-state index in [0.717, 1.165) is 6.42 Å². The van der Waals surface area contributed by atoms with Crippen LogP contribution in [-0.4, -0.2) is 39.6 Å². The number of fused-ring (bicyclic) bond motifs is 1. The molecule has 1 aromatic carbocycles. The average molecular weight is 490 g/mol. The monoisotopic (exact) mass is 489 g/mol. The molecular weight excluding hydrogens is 461 g/mol. The van der Waals surface area contributed by atoms with Crippen molar-refractivity contribution in [3.63, 3.8) is 0 Å². The van der Waals surface area contributed by atoms with Gasteiger partial charge in [-0.1, -0.05) is 18.5 Å². The van der Waals surface area contributed by atoms with Crippen molar-refractivity contribution in [3.05, 3.63) is 51.4 Å². The lowest BCUT2D eigenvalue weighted by Gasteiger charge is -2.26. The van der Waals surface area contributed by atoms with Gasteiger partial charge >= 0.3 is 0 Å². The van der Waals surface area contributed by atoms with E-state index in [1.807, 2.05) is 18.2 Å². The summed E-state index contributed by atoms with van der Waals surface area (Å²) in [5.74, 6) is -1.01. The van der Waals surface area contributed by atoms with Crippen LogP contribution in [-0.2, 0) is 11.2 Å². The van der Waals surface area contributed by atoms with Gasteiger partial charge in [-0.05, 0) is 45.1 Å². The highest BCUT2D eigenvalue weighted by molar-refractivity contribution is 6.32. The summed E-state index contributed by atoms with van der Waals surface area (Å²) in [5.41, 5.74) is 13.9. The van der Waals surface area contributed by atoms with Crippen LogP contribution in [0.25, 0.3) is 5.52 Å². The highest BCUT2D eigenvalue weighted by Crippen LogP contribution is 2.44. The number of amides is 1. The van der Waals surface area contributed by atoms with Gasteiger partial charge in [0.05, 0.1) is 16.8 Å². The third-order valence-corrected chi connectivity index (χ3v) is 6.59. The van der Waals surface area contributed by atoms with Gasteiger partial charge in [-0.3, -0.25) is 9.20 Å². The van der Waals surface area contributed by atoms with E-state index in [9.17, 15) is 4.79 Å². The number of nitrogens with two attached hydrogens (primary N) is 2. The second-order valence-corrected chi connectivity index (χ2v) is 9.38. The number of ether oxygens (including phenoxy) is 2. The minimum absolute atomic E-state index is 0.0993. The van der Waals surface area contributed by atoms with Gasteiger partial charge in [-0.25, -0.2) is 14.4 Å². The second kappa shape index (κ2) is 9.38. The first-order chi connectivity index (χ1) is 16.1. The lowest BCUT2D eigenvalue weighted by Crippen LogP contribution is -2.22. The molecule has 0 radical (unpaired) electrons. The summed E-state index contributed by atoms with van der Waals surface area (Å²) in [6.45, 7) is 8.56. The number of hydrogen-bond donors (Lipinski definition) is 2. The Labute approximate surface area is 202 Å². The van der Waals surface area contributed by atoms with E-state index in [1.165, 1.54) is 0 Å². The normalized spacial score (nSPS) is 17.0. The molecular formula is C24H29ClFN5O3. The molecule has 0 bridgehead atoms. The minimum atomic E-state index is -0.947. The molecule has 3 heterocycles. The predicted molar refractivity (Wildman–Crippen MR) is 128 cm³/mol. The molecule has 0 aliphatic carbocycles. The predicted octanol–water partition coefficient (Wildman–Crippen LogP) is 4.03. The number of aromatic nitrogens is 3. The standard InChI is InChI=1S/C24H29ClFN5O3/c1-11(2)34-21-16(12(3)24-30-13(4)20-22(27)29-6-7-31(20)24)15(9-14-5-8-33-10-14)18(25)19(26)17(21)23(28)32/h6-7,11-12,14H,5,8-10H2,1-4H3,(H2,27,29)(H2,28,32)/t12-,14?/m0/s1. The number of carbonyl (C=O) groups is 1. The zero-order valence-corrected chi connectivity index (χ0v) is 20.4. The number of anilines is 1. The van der Waals surface area contributed by atoms with Crippen LogP contribution >= 0.6 is 11.6 Å². The Hall–Kier alpha value is -2.91. The van der Waals surface area contributed by atoms with Crippen molar-refractivity contribution in [2.75, 3.05) is 18.9 Å². The van der Waals surface area contributed by atoms with Crippen molar-refractivity contribution in [1.82, 2.24) is 14.4 Å². The molecule has 3 aromatic rings. The number of aryl methyl sites for hydroxylation is 1. The fourth-order valence-corrected chi connectivity index (χ4v) is 4.98. The molecule has 1 fully saturated rings. The molecule has 1 unspecified atom stereocenters. The number of carbonyl (C=O) groups excluding carboxylic acids is 1. The first-order valence-corrected chi connectivity index (χ1v) is 11.7. The van der Waals surface area contributed by atoms with Crippen molar-refractivity contribution >= 4 is 28.8 Å². The molecule has 1 saturated heterocycles. The van der Waals surface area contributed by atoms with Crippen LogP contribution in [0.2, 0.25) is 5.02 Å². The van der Waals surface area contributed by atoms with Crippen LogP contribution in [0, 0.1) is 18.7 Å². The first kappa shape index (κ1) is 24.2. The number of primary amides is 1. The number of rotatable bonds is 7. The lowest BCUT2D eigenvalue weighted by molar-refractivity contribution is 0.0989. The molecule has 2 atom stereocenters. The van der Waals surface area contributed by atoms with E-state index >= 15 is 4.39 Å². The zero-order valence-electron chi connectivity index (χ0n) is 19.7. The molecule has 182 valence electrons. The minimum Gasteiger partial charge on any atom is -0.490 e. The first-order valence-electron chi connectivity index (χ1n) is 11.3. The molecule has 2 aromatic heterocycles. The maximum Gasteiger partial charge on any atom is 0.255 e. The molecule has 1 aliphatic rings. The van der Waals surface area contributed by atoms with E-state index in [0.29, 0.717) is 53.6 Å². The Morgan fingerprint density at radius 3 is 2.76 bits per heavy atom. The number of imidazole rings is 1. The Morgan fingerprint density at radius 2 is 2.15 bits per heavy atom. The molecule has 1 amide bonds.